The Morgan fingerprint density at radius 1 is 1.14 bits per heavy atom. The zero-order valence-corrected chi connectivity index (χ0v) is 24.2. The molecular formula is C28H26Cl2F3N5O4. The summed E-state index contributed by atoms with van der Waals surface area (Å²) in [5, 5.41) is 16.0. The van der Waals surface area contributed by atoms with E-state index in [1.165, 1.54) is 4.90 Å². The number of benzene rings is 2. The maximum Gasteiger partial charge on any atom is 0.418 e. The van der Waals surface area contributed by atoms with E-state index in [4.69, 9.17) is 23.2 Å². The highest BCUT2D eigenvalue weighted by atomic mass is 35.5. The highest BCUT2D eigenvalue weighted by molar-refractivity contribution is 6.46. The van der Waals surface area contributed by atoms with Crippen LogP contribution in [0.25, 0.3) is 0 Å². The predicted octanol–water partition coefficient (Wildman–Crippen LogP) is 4.89. The van der Waals surface area contributed by atoms with E-state index in [1.807, 2.05) is 5.32 Å². The maximum absolute atomic E-state index is 13.9. The van der Waals surface area contributed by atoms with Crippen molar-refractivity contribution in [2.45, 2.75) is 57.3 Å². The van der Waals surface area contributed by atoms with Gasteiger partial charge in [0, 0.05) is 18.7 Å². The smallest absolute Gasteiger partial charge is 0.336 e. The number of nitrogens with zero attached hydrogens (tertiary/aromatic N) is 2. The number of rotatable bonds is 4. The number of para-hydroxylation sites is 1. The maximum atomic E-state index is 13.9. The first-order valence-corrected chi connectivity index (χ1v) is 13.5. The number of nitriles is 1. The molecule has 2 heterocycles. The first-order valence-electron chi connectivity index (χ1n) is 12.8. The molecule has 2 aliphatic rings. The summed E-state index contributed by atoms with van der Waals surface area (Å²) >= 11 is 11.8. The summed E-state index contributed by atoms with van der Waals surface area (Å²) in [5.74, 6) is -4.01. The minimum atomic E-state index is -4.93. The molecule has 2 aliphatic heterocycles. The highest BCUT2D eigenvalue weighted by Crippen LogP contribution is 2.46. The van der Waals surface area contributed by atoms with E-state index in [0.29, 0.717) is 17.3 Å². The molecule has 222 valence electrons. The van der Waals surface area contributed by atoms with Crippen molar-refractivity contribution in [3.8, 4) is 6.07 Å². The van der Waals surface area contributed by atoms with E-state index in [1.54, 1.807) is 45.0 Å². The van der Waals surface area contributed by atoms with E-state index < -0.39 is 63.1 Å². The molecule has 4 amide bonds. The third kappa shape index (κ3) is 5.89. The fraction of sp³-hybridized carbons (Fsp3) is 0.393. The zero-order valence-electron chi connectivity index (χ0n) is 22.7. The second-order valence-corrected chi connectivity index (χ2v) is 12.2. The van der Waals surface area contributed by atoms with Gasteiger partial charge in [0.2, 0.25) is 11.8 Å². The van der Waals surface area contributed by atoms with Gasteiger partial charge in [0.1, 0.15) is 12.1 Å². The minimum Gasteiger partial charge on any atom is -0.336 e. The van der Waals surface area contributed by atoms with Crippen LogP contribution in [0.1, 0.15) is 44.7 Å². The molecule has 0 aromatic heterocycles. The number of carbonyl (C=O) groups excluding carboxylic acids is 4. The topological polar surface area (TPSA) is 131 Å². The molecule has 2 aromatic carbocycles. The summed E-state index contributed by atoms with van der Waals surface area (Å²) in [6.45, 7) is 5.17. The number of amides is 4. The fourth-order valence-electron chi connectivity index (χ4n) is 5.30. The van der Waals surface area contributed by atoms with Gasteiger partial charge in [-0.15, -0.1) is 0 Å². The van der Waals surface area contributed by atoms with Crippen molar-refractivity contribution in [3.05, 3.63) is 57.6 Å². The fourth-order valence-corrected chi connectivity index (χ4v) is 5.67. The molecule has 0 unspecified atom stereocenters. The number of fused-ring (bicyclic) bond motifs is 2. The molecular weight excluding hydrogens is 598 g/mol. The quantitative estimate of drug-likeness (QED) is 0.418. The lowest BCUT2D eigenvalue weighted by atomic mass is 9.80. The van der Waals surface area contributed by atoms with Gasteiger partial charge in [-0.2, -0.15) is 18.4 Å². The Morgan fingerprint density at radius 3 is 2.43 bits per heavy atom. The largest absolute Gasteiger partial charge is 0.418 e. The van der Waals surface area contributed by atoms with Gasteiger partial charge in [0.15, 0.2) is 0 Å². The minimum absolute atomic E-state index is 0.001000. The average molecular weight is 624 g/mol. The van der Waals surface area contributed by atoms with Crippen LogP contribution in [0.15, 0.2) is 36.4 Å². The third-order valence-electron chi connectivity index (χ3n) is 7.18. The number of hydrogen-bond donors (Lipinski definition) is 3. The third-order valence-corrected chi connectivity index (χ3v) is 7.99. The Hall–Kier alpha value is -3.82. The van der Waals surface area contributed by atoms with Crippen molar-refractivity contribution >= 4 is 58.2 Å². The van der Waals surface area contributed by atoms with Crippen LogP contribution >= 0.6 is 23.2 Å². The lowest BCUT2D eigenvalue weighted by Gasteiger charge is -2.31. The number of hydrogen-bond acceptors (Lipinski definition) is 5. The van der Waals surface area contributed by atoms with Gasteiger partial charge < -0.3 is 20.9 Å². The van der Waals surface area contributed by atoms with Gasteiger partial charge in [-0.1, -0.05) is 62.2 Å². The molecule has 1 spiro atoms. The van der Waals surface area contributed by atoms with Crippen molar-refractivity contribution < 1.29 is 32.3 Å². The molecule has 2 aromatic rings. The van der Waals surface area contributed by atoms with Crippen LogP contribution in [0.4, 0.5) is 24.5 Å². The second kappa shape index (κ2) is 11.1. The molecule has 42 heavy (non-hydrogen) atoms. The van der Waals surface area contributed by atoms with E-state index in [-0.39, 0.29) is 30.3 Å². The number of anilines is 2. The Morgan fingerprint density at radius 2 is 1.81 bits per heavy atom. The summed E-state index contributed by atoms with van der Waals surface area (Å²) in [6, 6.07) is 8.12. The van der Waals surface area contributed by atoms with Gasteiger partial charge in [0.05, 0.1) is 32.8 Å². The monoisotopic (exact) mass is 623 g/mol. The first-order chi connectivity index (χ1) is 19.5. The van der Waals surface area contributed by atoms with Crippen LogP contribution in [0.5, 0.6) is 0 Å². The number of carbonyl (C=O) groups is 4. The molecule has 9 nitrogen and oxygen atoms in total. The Labute approximate surface area is 249 Å². The summed E-state index contributed by atoms with van der Waals surface area (Å²) in [7, 11) is 0. The van der Waals surface area contributed by atoms with Crippen molar-refractivity contribution in [2.75, 3.05) is 17.2 Å². The molecule has 1 fully saturated rings. The SMILES string of the molecule is CC(C)(C)C[C@H](NC(=O)C(=O)Nc1c(C(F)(F)F)ccc(Cl)c1Cl)C(=O)N1C[C@]2(C[C@H]1C#N)C(=O)Nc1ccccc12. The molecule has 3 atom stereocenters. The van der Waals surface area contributed by atoms with Crippen molar-refractivity contribution in [1.82, 2.24) is 10.2 Å². The van der Waals surface area contributed by atoms with Crippen molar-refractivity contribution in [2.24, 2.45) is 5.41 Å². The predicted molar refractivity (Wildman–Crippen MR) is 149 cm³/mol. The van der Waals surface area contributed by atoms with E-state index in [2.05, 4.69) is 16.7 Å². The summed E-state index contributed by atoms with van der Waals surface area (Å²) < 4.78 is 40.6. The van der Waals surface area contributed by atoms with Crippen LogP contribution in [0, 0.1) is 16.7 Å². The highest BCUT2D eigenvalue weighted by Gasteiger charge is 2.56. The molecule has 0 radical (unpaired) electrons. The zero-order chi connectivity index (χ0) is 31.2. The lowest BCUT2D eigenvalue weighted by molar-refractivity contribution is -0.141. The van der Waals surface area contributed by atoms with Gasteiger partial charge in [-0.05, 0) is 35.6 Å². The average Bonchev–Trinajstić information content (AvgIpc) is 3.42. The van der Waals surface area contributed by atoms with Gasteiger partial charge in [-0.25, -0.2) is 0 Å². The molecule has 3 N–H and O–H groups in total. The van der Waals surface area contributed by atoms with Crippen LogP contribution in [-0.4, -0.2) is 47.2 Å². The summed E-state index contributed by atoms with van der Waals surface area (Å²) in [5.41, 5.74) is -2.79. The Bertz CT molecular complexity index is 1520. The molecule has 4 rings (SSSR count). The van der Waals surface area contributed by atoms with E-state index >= 15 is 0 Å². The number of alkyl halides is 3. The standard InChI is InChI=1S/C28H26Cl2F3N5O4/c1-26(2,3)11-19(35-22(39)23(40)37-21-16(28(31,32)33)8-9-17(29)20(21)30)24(41)38-13-27(10-14(38)12-34)15-6-4-5-7-18(15)36-25(27)42/h4-9,14,19H,10-11,13H2,1-3H3,(H,35,39)(H,36,42)(H,37,40)/t14-,19-,27-/m0/s1. The van der Waals surface area contributed by atoms with Gasteiger partial charge >= 0.3 is 18.0 Å². The number of nitrogens with one attached hydrogen (secondary N) is 3. The molecule has 1 saturated heterocycles. The normalized spacial score (nSPS) is 20.5. The van der Waals surface area contributed by atoms with E-state index in [0.717, 1.165) is 6.07 Å². The van der Waals surface area contributed by atoms with Crippen LogP contribution in [0.3, 0.4) is 0 Å². The lowest BCUT2D eigenvalue weighted by Crippen LogP contribution is -2.53. The molecule has 0 bridgehead atoms. The number of halogens is 5. The van der Waals surface area contributed by atoms with Gasteiger partial charge in [-0.3, -0.25) is 19.2 Å². The summed E-state index contributed by atoms with van der Waals surface area (Å²) in [6.07, 6.45) is -4.91. The van der Waals surface area contributed by atoms with Crippen LogP contribution in [0.2, 0.25) is 10.0 Å². The van der Waals surface area contributed by atoms with Crippen LogP contribution < -0.4 is 16.0 Å². The molecule has 14 heteroatoms. The Balaban J connectivity index is 1.60. The number of likely N-dealkylation sites (tertiary alicyclic amines) is 1. The van der Waals surface area contributed by atoms with Crippen LogP contribution in [-0.2, 0) is 30.8 Å². The van der Waals surface area contributed by atoms with Crippen molar-refractivity contribution in [3.63, 3.8) is 0 Å². The van der Waals surface area contributed by atoms with E-state index in [9.17, 15) is 37.6 Å². The molecule has 0 saturated carbocycles. The summed E-state index contributed by atoms with van der Waals surface area (Å²) in [4.78, 5) is 53.9. The Kier molecular flexibility index (Phi) is 8.23. The van der Waals surface area contributed by atoms with Gasteiger partial charge in [0.25, 0.3) is 0 Å². The van der Waals surface area contributed by atoms with Crippen molar-refractivity contribution in [1.29, 1.82) is 5.26 Å². The molecule has 0 aliphatic carbocycles. The first kappa shape index (κ1) is 31.1. The second-order valence-electron chi connectivity index (χ2n) is 11.4.